The maximum atomic E-state index is 11.4. The Kier molecular flexibility index (Phi) is 6.89. The summed E-state index contributed by atoms with van der Waals surface area (Å²) >= 11 is 0. The minimum absolute atomic E-state index is 0.421. The monoisotopic (exact) mass is 206 g/mol. The van der Waals surface area contributed by atoms with Crippen LogP contribution >= 0.6 is 0 Å². The van der Waals surface area contributed by atoms with E-state index in [1.54, 1.807) is 0 Å². The first-order valence-electron chi connectivity index (χ1n) is 6.21. The lowest BCUT2D eigenvalue weighted by atomic mass is 10.1. The van der Waals surface area contributed by atoms with Gasteiger partial charge in [-0.25, -0.2) is 0 Å². The van der Waals surface area contributed by atoms with Crippen LogP contribution in [0.1, 0.15) is 57.8 Å². The van der Waals surface area contributed by atoms with Crippen molar-refractivity contribution in [1.29, 1.82) is 0 Å². The second kappa shape index (κ2) is 8.46. The molecule has 0 heterocycles. The highest BCUT2D eigenvalue weighted by atomic mass is 16.1. The molecular formula is C14H22O. The molecule has 0 aromatic rings. The Hall–Kier alpha value is -0.850. The van der Waals surface area contributed by atoms with Crippen molar-refractivity contribution < 1.29 is 4.79 Å². The highest BCUT2D eigenvalue weighted by Crippen LogP contribution is 2.07. The molecule has 15 heavy (non-hydrogen) atoms. The number of hydrogen-bond donors (Lipinski definition) is 0. The van der Waals surface area contributed by atoms with Crippen LogP contribution in [0.15, 0.2) is 24.3 Å². The Bertz CT molecular complexity index is 225. The minimum atomic E-state index is 0.421. The summed E-state index contributed by atoms with van der Waals surface area (Å²) in [4.78, 5) is 11.4. The normalized spacial score (nSPS) is 25.5. The van der Waals surface area contributed by atoms with Gasteiger partial charge in [0.15, 0.2) is 0 Å². The Morgan fingerprint density at radius 2 is 1.20 bits per heavy atom. The molecule has 0 aromatic carbocycles. The van der Waals surface area contributed by atoms with Gasteiger partial charge >= 0.3 is 0 Å². The first-order chi connectivity index (χ1) is 7.39. The Morgan fingerprint density at radius 1 is 0.667 bits per heavy atom. The van der Waals surface area contributed by atoms with E-state index >= 15 is 0 Å². The van der Waals surface area contributed by atoms with Gasteiger partial charge in [0.25, 0.3) is 0 Å². The quantitative estimate of drug-likeness (QED) is 0.543. The molecule has 1 heteroatoms. The smallest absolute Gasteiger partial charge is 0.133 e. The molecule has 1 aliphatic carbocycles. The van der Waals surface area contributed by atoms with Crippen LogP contribution in [0.3, 0.4) is 0 Å². The summed E-state index contributed by atoms with van der Waals surface area (Å²) in [6.45, 7) is 0. The Labute approximate surface area is 93.3 Å². The molecule has 0 radical (unpaired) electrons. The third-order valence-corrected chi connectivity index (χ3v) is 2.74. The molecule has 84 valence electrons. The summed E-state index contributed by atoms with van der Waals surface area (Å²) in [7, 11) is 0. The summed E-state index contributed by atoms with van der Waals surface area (Å²) in [5.41, 5.74) is 0. The number of carbonyl (C=O) groups is 1. The van der Waals surface area contributed by atoms with Crippen LogP contribution in [0.2, 0.25) is 0 Å². The van der Waals surface area contributed by atoms with E-state index in [2.05, 4.69) is 24.3 Å². The van der Waals surface area contributed by atoms with Crippen LogP contribution in [0, 0.1) is 0 Å². The summed E-state index contributed by atoms with van der Waals surface area (Å²) < 4.78 is 0. The summed E-state index contributed by atoms with van der Waals surface area (Å²) in [6, 6.07) is 0. The summed E-state index contributed by atoms with van der Waals surface area (Å²) in [5.74, 6) is 0.421. The second-order valence-electron chi connectivity index (χ2n) is 4.20. The molecule has 1 rings (SSSR count). The first-order valence-corrected chi connectivity index (χ1v) is 6.21. The van der Waals surface area contributed by atoms with Gasteiger partial charge in [0, 0.05) is 12.8 Å². The van der Waals surface area contributed by atoms with E-state index in [0.29, 0.717) is 5.78 Å². The van der Waals surface area contributed by atoms with Gasteiger partial charge < -0.3 is 0 Å². The summed E-state index contributed by atoms with van der Waals surface area (Å²) in [5, 5.41) is 0. The fourth-order valence-electron chi connectivity index (χ4n) is 1.78. The van der Waals surface area contributed by atoms with Crippen LogP contribution < -0.4 is 0 Å². The number of ketones is 1. The number of rotatable bonds is 0. The third-order valence-electron chi connectivity index (χ3n) is 2.74. The van der Waals surface area contributed by atoms with E-state index in [-0.39, 0.29) is 0 Å². The van der Waals surface area contributed by atoms with Gasteiger partial charge in [-0.05, 0) is 44.9 Å². The predicted octanol–water partition coefficient (Wildman–Crippen LogP) is 4.19. The number of Topliss-reactive ketones (excluding diaryl/α,β-unsaturated/α-hetero) is 1. The highest BCUT2D eigenvalue weighted by molar-refractivity contribution is 5.78. The van der Waals surface area contributed by atoms with Crippen molar-refractivity contribution in [3.05, 3.63) is 24.3 Å². The van der Waals surface area contributed by atoms with Gasteiger partial charge in [0.05, 0.1) is 0 Å². The zero-order valence-corrected chi connectivity index (χ0v) is 9.58. The lowest BCUT2D eigenvalue weighted by molar-refractivity contribution is -0.119. The number of hydrogen-bond acceptors (Lipinski definition) is 1. The van der Waals surface area contributed by atoms with Crippen molar-refractivity contribution in [2.45, 2.75) is 57.8 Å². The van der Waals surface area contributed by atoms with Gasteiger partial charge in [0.2, 0.25) is 0 Å². The topological polar surface area (TPSA) is 17.1 Å². The maximum Gasteiger partial charge on any atom is 0.133 e. The molecule has 0 N–H and O–H groups in total. The van der Waals surface area contributed by atoms with Crippen LogP contribution in [-0.4, -0.2) is 5.78 Å². The van der Waals surface area contributed by atoms with Gasteiger partial charge in [-0.2, -0.15) is 0 Å². The van der Waals surface area contributed by atoms with E-state index in [1.165, 1.54) is 25.7 Å². The van der Waals surface area contributed by atoms with Crippen LogP contribution in [0.4, 0.5) is 0 Å². The van der Waals surface area contributed by atoms with Crippen molar-refractivity contribution in [2.24, 2.45) is 0 Å². The molecule has 0 saturated carbocycles. The number of carbonyl (C=O) groups excluding carboxylic acids is 1. The Balaban J connectivity index is 2.29. The highest BCUT2D eigenvalue weighted by Gasteiger charge is 1.99. The van der Waals surface area contributed by atoms with Gasteiger partial charge in [-0.3, -0.25) is 4.79 Å². The second-order valence-corrected chi connectivity index (χ2v) is 4.20. The largest absolute Gasteiger partial charge is 0.300 e. The fraction of sp³-hybridized carbons (Fsp3) is 0.643. The van der Waals surface area contributed by atoms with Crippen molar-refractivity contribution >= 4 is 5.78 Å². The molecule has 0 unspecified atom stereocenters. The standard InChI is InChI=1S/C14H22O/c15-14-12-10-8-6-4-2-1-3-5-7-9-11-13-14/h4,6-7,9H,1-3,5,8,10-13H2/b6-4+,9-7+. The predicted molar refractivity (Wildman–Crippen MR) is 64.8 cm³/mol. The molecule has 1 aliphatic rings. The van der Waals surface area contributed by atoms with E-state index in [9.17, 15) is 4.79 Å². The van der Waals surface area contributed by atoms with E-state index in [1.807, 2.05) is 0 Å². The molecule has 0 atom stereocenters. The lowest BCUT2D eigenvalue weighted by Crippen LogP contribution is -1.96. The van der Waals surface area contributed by atoms with Crippen molar-refractivity contribution in [3.8, 4) is 0 Å². The van der Waals surface area contributed by atoms with Crippen molar-refractivity contribution in [2.75, 3.05) is 0 Å². The average Bonchev–Trinajstić information content (AvgIpc) is 2.24. The molecule has 0 bridgehead atoms. The molecular weight excluding hydrogens is 184 g/mol. The minimum Gasteiger partial charge on any atom is -0.300 e. The summed E-state index contributed by atoms with van der Waals surface area (Å²) in [6.07, 6.45) is 18.4. The maximum absolute atomic E-state index is 11.4. The molecule has 0 fully saturated rings. The molecule has 0 aromatic heterocycles. The zero-order chi connectivity index (χ0) is 10.8. The lowest BCUT2D eigenvalue weighted by Gasteiger charge is -1.99. The van der Waals surface area contributed by atoms with Crippen LogP contribution in [0.5, 0.6) is 0 Å². The van der Waals surface area contributed by atoms with E-state index < -0.39 is 0 Å². The first kappa shape index (κ1) is 12.2. The zero-order valence-electron chi connectivity index (χ0n) is 9.58. The van der Waals surface area contributed by atoms with Crippen molar-refractivity contribution in [1.82, 2.24) is 0 Å². The van der Waals surface area contributed by atoms with Gasteiger partial charge in [-0.1, -0.05) is 24.3 Å². The van der Waals surface area contributed by atoms with Crippen LogP contribution in [-0.2, 0) is 4.79 Å². The van der Waals surface area contributed by atoms with Gasteiger partial charge in [-0.15, -0.1) is 0 Å². The van der Waals surface area contributed by atoms with E-state index in [4.69, 9.17) is 0 Å². The molecule has 0 saturated heterocycles. The SMILES string of the molecule is O=C1CC/C=C/CCCC/C=C/CCC1. The molecule has 1 nitrogen and oxygen atoms in total. The fourth-order valence-corrected chi connectivity index (χ4v) is 1.78. The average molecular weight is 206 g/mol. The number of allylic oxidation sites excluding steroid dienone is 4. The molecule has 0 spiro atoms. The van der Waals surface area contributed by atoms with Crippen LogP contribution in [0.25, 0.3) is 0 Å². The molecule has 0 aliphatic heterocycles. The molecule has 0 amide bonds. The van der Waals surface area contributed by atoms with Gasteiger partial charge in [0.1, 0.15) is 5.78 Å². The Morgan fingerprint density at radius 3 is 1.87 bits per heavy atom. The van der Waals surface area contributed by atoms with E-state index in [0.717, 1.165) is 32.1 Å². The van der Waals surface area contributed by atoms with Crippen molar-refractivity contribution in [3.63, 3.8) is 0 Å². The third kappa shape index (κ3) is 7.12.